The molecule has 1 saturated heterocycles. The Hall–Kier alpha value is -0.0500. The summed E-state index contributed by atoms with van der Waals surface area (Å²) in [4.78, 5) is 0. The van der Waals surface area contributed by atoms with E-state index < -0.39 is 9.73 Å². The predicted octanol–water partition coefficient (Wildman–Crippen LogP) is 1.07. The molecule has 1 rings (SSSR count). The molecule has 1 aliphatic rings. The van der Waals surface area contributed by atoms with Crippen molar-refractivity contribution in [1.82, 2.24) is 0 Å². The zero-order valence-electron chi connectivity index (χ0n) is 5.02. The lowest BCUT2D eigenvalue weighted by molar-refractivity contribution is 0.662. The third kappa shape index (κ3) is 1.22. The smallest absolute Gasteiger partial charge is 0.0444 e. The van der Waals surface area contributed by atoms with E-state index in [0.29, 0.717) is 17.4 Å². The Morgan fingerprint density at radius 2 is 2.38 bits per heavy atom. The van der Waals surface area contributed by atoms with E-state index >= 15 is 0 Å². The normalized spacial score (nSPS) is 47.4. The van der Waals surface area contributed by atoms with Crippen molar-refractivity contribution in [3.05, 3.63) is 0 Å². The first-order valence-electron chi connectivity index (χ1n) is 2.84. The fraction of sp³-hybridized carbons (Fsp3) is 1.00. The molecular weight excluding hydrogens is 122 g/mol. The van der Waals surface area contributed by atoms with Gasteiger partial charge in [-0.15, -0.1) is 0 Å². The number of rotatable bonds is 0. The van der Waals surface area contributed by atoms with Crippen LogP contribution < -0.4 is 0 Å². The van der Waals surface area contributed by atoms with Gasteiger partial charge in [0.1, 0.15) is 0 Å². The molecule has 8 heavy (non-hydrogen) atoms. The van der Waals surface area contributed by atoms with Gasteiger partial charge in [0.15, 0.2) is 0 Å². The van der Waals surface area contributed by atoms with E-state index in [1.54, 1.807) is 0 Å². The summed E-state index contributed by atoms with van der Waals surface area (Å²) in [5.74, 6) is 1.79. The van der Waals surface area contributed by atoms with Gasteiger partial charge in [-0.1, -0.05) is 6.92 Å². The molecule has 0 aliphatic carbocycles. The molecule has 0 aromatic carbocycles. The van der Waals surface area contributed by atoms with E-state index in [-0.39, 0.29) is 0 Å². The van der Waals surface area contributed by atoms with Crippen LogP contribution in [-0.2, 0) is 9.73 Å². The van der Waals surface area contributed by atoms with Crippen molar-refractivity contribution in [2.75, 3.05) is 11.5 Å². The van der Waals surface area contributed by atoms with Crippen molar-refractivity contribution in [1.29, 1.82) is 4.78 Å². The molecule has 2 nitrogen and oxygen atoms in total. The molecule has 1 unspecified atom stereocenters. The van der Waals surface area contributed by atoms with Crippen LogP contribution in [0.4, 0.5) is 0 Å². The van der Waals surface area contributed by atoms with Crippen molar-refractivity contribution in [2.24, 2.45) is 5.92 Å². The SMILES string of the molecule is C[C@@H]1CCS(=N)(=O)C1. The zero-order valence-corrected chi connectivity index (χ0v) is 5.83. The highest BCUT2D eigenvalue weighted by atomic mass is 32.2. The minimum absolute atomic E-state index is 0.528. The third-order valence-electron chi connectivity index (χ3n) is 1.49. The van der Waals surface area contributed by atoms with Crippen LogP contribution in [0.25, 0.3) is 0 Å². The van der Waals surface area contributed by atoms with E-state index in [9.17, 15) is 4.21 Å². The standard InChI is InChI=1S/C5H11NOS/c1-5-2-3-8(6,7)4-5/h5-6H,2-4H2,1H3/t5-,8?/m1/s1. The molecule has 0 aromatic heterocycles. The first kappa shape index (κ1) is 6.08. The van der Waals surface area contributed by atoms with Gasteiger partial charge in [0.2, 0.25) is 0 Å². The van der Waals surface area contributed by atoms with Crippen LogP contribution in [0.3, 0.4) is 0 Å². The van der Waals surface area contributed by atoms with Gasteiger partial charge in [0, 0.05) is 21.2 Å². The Kier molecular flexibility index (Phi) is 1.31. The van der Waals surface area contributed by atoms with E-state index in [4.69, 9.17) is 4.78 Å². The number of nitrogens with one attached hydrogen (secondary N) is 1. The van der Waals surface area contributed by atoms with Gasteiger partial charge in [-0.25, -0.2) is 4.21 Å². The van der Waals surface area contributed by atoms with Crippen molar-refractivity contribution < 1.29 is 4.21 Å². The summed E-state index contributed by atoms with van der Waals surface area (Å²) in [5.41, 5.74) is 0. The highest BCUT2D eigenvalue weighted by Gasteiger charge is 2.20. The molecule has 0 amide bonds. The summed E-state index contributed by atoms with van der Waals surface area (Å²) in [6.07, 6.45) is 0.988. The fourth-order valence-electron chi connectivity index (χ4n) is 1.02. The summed E-state index contributed by atoms with van der Waals surface area (Å²) in [6.45, 7) is 2.06. The number of hydrogen-bond donors (Lipinski definition) is 1. The summed E-state index contributed by atoms with van der Waals surface area (Å²) < 4.78 is 18.0. The minimum Gasteiger partial charge on any atom is -0.253 e. The molecule has 1 heterocycles. The summed E-state index contributed by atoms with van der Waals surface area (Å²) in [5, 5.41) is 0. The van der Waals surface area contributed by atoms with Gasteiger partial charge in [-0.05, 0) is 12.3 Å². The maximum Gasteiger partial charge on any atom is 0.0444 e. The van der Waals surface area contributed by atoms with Crippen LogP contribution in [0.2, 0.25) is 0 Å². The fourth-order valence-corrected chi connectivity index (χ4v) is 3.05. The Morgan fingerprint density at radius 3 is 2.50 bits per heavy atom. The topological polar surface area (TPSA) is 40.9 Å². The van der Waals surface area contributed by atoms with Gasteiger partial charge in [-0.2, -0.15) is 0 Å². The van der Waals surface area contributed by atoms with E-state index in [1.807, 2.05) is 0 Å². The zero-order chi connectivity index (χ0) is 6.20. The monoisotopic (exact) mass is 133 g/mol. The average molecular weight is 133 g/mol. The highest BCUT2D eigenvalue weighted by molar-refractivity contribution is 7.92. The van der Waals surface area contributed by atoms with Crippen LogP contribution in [0.5, 0.6) is 0 Å². The molecule has 1 fully saturated rings. The largest absolute Gasteiger partial charge is 0.253 e. The predicted molar refractivity (Wildman–Crippen MR) is 34.4 cm³/mol. The van der Waals surface area contributed by atoms with E-state index in [0.717, 1.165) is 6.42 Å². The summed E-state index contributed by atoms with van der Waals surface area (Å²) in [6, 6.07) is 0. The maximum absolute atomic E-state index is 10.9. The average Bonchev–Trinajstić information content (AvgIpc) is 1.82. The van der Waals surface area contributed by atoms with Gasteiger partial charge in [-0.3, -0.25) is 4.78 Å². The second-order valence-electron chi connectivity index (χ2n) is 2.58. The lowest BCUT2D eigenvalue weighted by atomic mass is 10.2. The van der Waals surface area contributed by atoms with Crippen LogP contribution >= 0.6 is 0 Å². The first-order valence-corrected chi connectivity index (χ1v) is 4.74. The molecule has 0 radical (unpaired) electrons. The lowest BCUT2D eigenvalue weighted by Gasteiger charge is -1.92. The highest BCUT2D eigenvalue weighted by Crippen LogP contribution is 2.17. The van der Waals surface area contributed by atoms with E-state index in [1.165, 1.54) is 0 Å². The minimum atomic E-state index is -2.10. The second kappa shape index (κ2) is 1.72. The van der Waals surface area contributed by atoms with Crippen LogP contribution in [0.1, 0.15) is 13.3 Å². The van der Waals surface area contributed by atoms with Gasteiger partial charge in [0.25, 0.3) is 0 Å². The molecule has 1 N–H and O–H groups in total. The van der Waals surface area contributed by atoms with Crippen LogP contribution in [0.15, 0.2) is 0 Å². The summed E-state index contributed by atoms with van der Waals surface area (Å²) >= 11 is 0. The Labute approximate surface area is 50.3 Å². The maximum atomic E-state index is 10.9. The van der Waals surface area contributed by atoms with Gasteiger partial charge in [0.05, 0.1) is 0 Å². The Balaban J connectivity index is 2.71. The molecule has 48 valence electrons. The van der Waals surface area contributed by atoms with Crippen LogP contribution in [-0.4, -0.2) is 15.7 Å². The van der Waals surface area contributed by atoms with Crippen molar-refractivity contribution in [2.45, 2.75) is 13.3 Å². The van der Waals surface area contributed by atoms with E-state index in [2.05, 4.69) is 6.92 Å². The Morgan fingerprint density at radius 1 is 1.75 bits per heavy atom. The third-order valence-corrected chi connectivity index (χ3v) is 3.50. The van der Waals surface area contributed by atoms with Crippen molar-refractivity contribution >= 4 is 9.73 Å². The molecule has 0 bridgehead atoms. The van der Waals surface area contributed by atoms with Gasteiger partial charge >= 0.3 is 0 Å². The second-order valence-corrected chi connectivity index (χ2v) is 4.94. The molecule has 0 aromatic rings. The van der Waals surface area contributed by atoms with Gasteiger partial charge < -0.3 is 0 Å². The van der Waals surface area contributed by atoms with Crippen molar-refractivity contribution in [3.8, 4) is 0 Å². The molecule has 0 saturated carbocycles. The number of hydrogen-bond acceptors (Lipinski definition) is 2. The van der Waals surface area contributed by atoms with Crippen molar-refractivity contribution in [3.63, 3.8) is 0 Å². The quantitative estimate of drug-likeness (QED) is 0.527. The Bertz CT molecular complexity index is 171. The molecule has 2 atom stereocenters. The molecule has 1 aliphatic heterocycles. The lowest BCUT2D eigenvalue weighted by Crippen LogP contribution is -1.99. The summed E-state index contributed by atoms with van der Waals surface area (Å²) in [7, 11) is -2.10. The first-order chi connectivity index (χ1) is 3.60. The molecular formula is C5H11NOS. The molecule has 0 spiro atoms. The molecule has 3 heteroatoms. The van der Waals surface area contributed by atoms with Crippen LogP contribution in [0, 0.1) is 10.7 Å².